The number of unbranched alkanes of at least 4 members (excludes halogenated alkanes) is 1. The van der Waals surface area contributed by atoms with E-state index in [4.69, 9.17) is 30.6 Å². The van der Waals surface area contributed by atoms with Crippen LogP contribution in [0, 0.1) is 11.8 Å². The van der Waals surface area contributed by atoms with Crippen LogP contribution >= 0.6 is 0 Å². The molecule has 0 aromatic carbocycles. The van der Waals surface area contributed by atoms with Gasteiger partial charge in [0, 0.05) is 13.2 Å². The van der Waals surface area contributed by atoms with Crippen LogP contribution in [-0.4, -0.2) is 67.7 Å². The van der Waals surface area contributed by atoms with Crippen LogP contribution < -0.4 is 0 Å². The summed E-state index contributed by atoms with van der Waals surface area (Å²) in [6.45, 7) is 3.43. The molecule has 0 atom stereocenters. The van der Waals surface area contributed by atoms with Crippen LogP contribution in [0.2, 0.25) is 0 Å². The van der Waals surface area contributed by atoms with Crippen LogP contribution in [0.25, 0.3) is 0 Å². The maximum atomic E-state index is 9.99. The molecule has 24 heavy (non-hydrogen) atoms. The van der Waals surface area contributed by atoms with Gasteiger partial charge in [0.15, 0.2) is 11.8 Å². The molecule has 0 bridgehead atoms. The third-order valence-corrected chi connectivity index (χ3v) is 2.58. The summed E-state index contributed by atoms with van der Waals surface area (Å²) in [5, 5.41) is 48.8. The molecule has 6 N–H and O–H groups in total. The first-order valence-electron chi connectivity index (χ1n) is 7.23. The summed E-state index contributed by atoms with van der Waals surface area (Å²) in [7, 11) is 0. The minimum absolute atomic E-state index is 0.130. The van der Waals surface area contributed by atoms with Gasteiger partial charge >= 0.3 is 23.9 Å². The quantitative estimate of drug-likeness (QED) is 0.245. The maximum absolute atomic E-state index is 9.99. The topological polar surface area (TPSA) is 190 Å². The lowest BCUT2D eigenvalue weighted by molar-refractivity contribution is -0.156. The fraction of sp³-hybridized carbons (Fsp3) is 0.714. The molecule has 0 heterocycles. The number of aliphatic hydroxyl groups excluding tert-OH is 2. The Morgan fingerprint density at radius 1 is 0.625 bits per heavy atom. The third kappa shape index (κ3) is 16.2. The van der Waals surface area contributed by atoms with Crippen molar-refractivity contribution in [1.29, 1.82) is 0 Å². The molecule has 0 radical (unpaired) electrons. The number of hydrogen-bond donors (Lipinski definition) is 6. The van der Waals surface area contributed by atoms with E-state index in [1.165, 1.54) is 13.8 Å². The molecule has 0 aromatic heterocycles. The van der Waals surface area contributed by atoms with Gasteiger partial charge in [-0.2, -0.15) is 0 Å². The molecular formula is C14H26O10. The van der Waals surface area contributed by atoms with Crippen molar-refractivity contribution in [3.8, 4) is 0 Å². The van der Waals surface area contributed by atoms with E-state index in [0.29, 0.717) is 0 Å². The summed E-state index contributed by atoms with van der Waals surface area (Å²) in [4.78, 5) is 40.0. The second-order valence-corrected chi connectivity index (χ2v) is 4.43. The summed E-state index contributed by atoms with van der Waals surface area (Å²) < 4.78 is 0. The molecule has 0 saturated heterocycles. The van der Waals surface area contributed by atoms with E-state index in [1.54, 1.807) is 0 Å². The van der Waals surface area contributed by atoms with E-state index in [1.807, 2.05) is 0 Å². The highest BCUT2D eigenvalue weighted by molar-refractivity contribution is 5.93. The zero-order chi connectivity index (χ0) is 19.7. The molecule has 0 rings (SSSR count). The van der Waals surface area contributed by atoms with Crippen molar-refractivity contribution in [1.82, 2.24) is 0 Å². The highest BCUT2D eigenvalue weighted by Crippen LogP contribution is 2.01. The maximum Gasteiger partial charge on any atom is 0.317 e. The number of aliphatic carboxylic acids is 4. The first-order chi connectivity index (χ1) is 11.1. The Balaban J connectivity index is -0.000000282. The van der Waals surface area contributed by atoms with Gasteiger partial charge in [0.2, 0.25) is 0 Å². The van der Waals surface area contributed by atoms with Crippen LogP contribution in [0.5, 0.6) is 0 Å². The van der Waals surface area contributed by atoms with E-state index in [0.717, 1.165) is 12.8 Å². The minimum atomic E-state index is -1.27. The first kappa shape index (κ1) is 26.7. The van der Waals surface area contributed by atoms with Crippen molar-refractivity contribution in [2.45, 2.75) is 39.5 Å². The lowest BCUT2D eigenvalue weighted by Gasteiger charge is -2.00. The number of carboxylic acid groups (broad SMARTS) is 4. The molecule has 0 aliphatic rings. The van der Waals surface area contributed by atoms with E-state index in [9.17, 15) is 19.2 Å². The van der Waals surface area contributed by atoms with Crippen molar-refractivity contribution in [2.75, 3.05) is 13.2 Å². The van der Waals surface area contributed by atoms with Crippen molar-refractivity contribution in [3.05, 3.63) is 0 Å². The second-order valence-electron chi connectivity index (χ2n) is 4.43. The molecule has 0 aliphatic heterocycles. The van der Waals surface area contributed by atoms with Crippen molar-refractivity contribution in [2.24, 2.45) is 11.8 Å². The van der Waals surface area contributed by atoms with E-state index in [-0.39, 0.29) is 26.1 Å². The standard InChI is InChI=1S/2C5H8O4.C4H10O2/c2*1-2-3(4(6)7)5(8)9;5-3-1-2-4-6/h2*3H,2H2,1H3,(H,6,7)(H,8,9);5-6H,1-4H2. The van der Waals surface area contributed by atoms with Gasteiger partial charge in [0.05, 0.1) is 0 Å². The zero-order valence-corrected chi connectivity index (χ0v) is 13.7. The Hall–Kier alpha value is -2.20. The zero-order valence-electron chi connectivity index (χ0n) is 13.7. The second kappa shape index (κ2) is 17.2. The molecule has 0 fully saturated rings. The van der Waals surface area contributed by atoms with Crippen molar-refractivity contribution in [3.63, 3.8) is 0 Å². The smallest absolute Gasteiger partial charge is 0.317 e. The molecule has 10 heteroatoms. The molecule has 0 saturated carbocycles. The van der Waals surface area contributed by atoms with Gasteiger partial charge in [-0.3, -0.25) is 19.2 Å². The summed E-state index contributed by atoms with van der Waals surface area (Å²) in [6, 6.07) is 0. The Morgan fingerprint density at radius 2 is 0.833 bits per heavy atom. The number of carbonyl (C=O) groups is 4. The molecule has 0 amide bonds. The van der Waals surface area contributed by atoms with Gasteiger partial charge in [-0.05, 0) is 25.7 Å². The number of aliphatic hydroxyl groups is 2. The Kier molecular flexibility index (Phi) is 19.1. The van der Waals surface area contributed by atoms with Gasteiger partial charge in [0.25, 0.3) is 0 Å². The van der Waals surface area contributed by atoms with E-state index < -0.39 is 35.7 Å². The number of hydrogen-bond acceptors (Lipinski definition) is 6. The Morgan fingerprint density at radius 3 is 0.875 bits per heavy atom. The summed E-state index contributed by atoms with van der Waals surface area (Å²) in [5.41, 5.74) is 0. The molecule has 0 aromatic rings. The fourth-order valence-corrected chi connectivity index (χ4v) is 1.13. The normalized spacial score (nSPS) is 9.42. The monoisotopic (exact) mass is 354 g/mol. The molecule has 10 nitrogen and oxygen atoms in total. The predicted molar refractivity (Wildman–Crippen MR) is 81.5 cm³/mol. The van der Waals surface area contributed by atoms with Gasteiger partial charge in [-0.25, -0.2) is 0 Å². The summed E-state index contributed by atoms with van der Waals surface area (Å²) >= 11 is 0. The van der Waals surface area contributed by atoms with Crippen LogP contribution in [0.1, 0.15) is 39.5 Å². The summed E-state index contributed by atoms with van der Waals surface area (Å²) in [6.07, 6.45) is 1.70. The van der Waals surface area contributed by atoms with Crippen molar-refractivity contribution < 1.29 is 49.8 Å². The molecular weight excluding hydrogens is 328 g/mol. The van der Waals surface area contributed by atoms with Crippen LogP contribution in [-0.2, 0) is 19.2 Å². The van der Waals surface area contributed by atoms with Gasteiger partial charge in [-0.1, -0.05) is 13.8 Å². The fourth-order valence-electron chi connectivity index (χ4n) is 1.13. The SMILES string of the molecule is CCC(C(=O)O)C(=O)O.CCC(C(=O)O)C(=O)O.OCCCCO. The Labute approximate surface area is 139 Å². The highest BCUT2D eigenvalue weighted by Gasteiger charge is 2.23. The Bertz CT molecular complexity index is 316. The molecule has 0 aliphatic carbocycles. The lowest BCUT2D eigenvalue weighted by Crippen LogP contribution is -2.22. The first-order valence-corrected chi connectivity index (χ1v) is 7.23. The molecule has 0 spiro atoms. The van der Waals surface area contributed by atoms with Crippen LogP contribution in [0.15, 0.2) is 0 Å². The van der Waals surface area contributed by atoms with Crippen molar-refractivity contribution >= 4 is 23.9 Å². The van der Waals surface area contributed by atoms with Gasteiger partial charge in [0.1, 0.15) is 0 Å². The lowest BCUT2D eigenvalue weighted by atomic mass is 10.1. The van der Waals surface area contributed by atoms with Crippen LogP contribution in [0.4, 0.5) is 0 Å². The van der Waals surface area contributed by atoms with Gasteiger partial charge in [-0.15, -0.1) is 0 Å². The van der Waals surface area contributed by atoms with E-state index in [2.05, 4.69) is 0 Å². The van der Waals surface area contributed by atoms with Crippen LogP contribution in [0.3, 0.4) is 0 Å². The highest BCUT2D eigenvalue weighted by atomic mass is 16.4. The third-order valence-electron chi connectivity index (χ3n) is 2.58. The number of carboxylic acids is 4. The number of rotatable bonds is 9. The molecule has 0 unspecified atom stereocenters. The predicted octanol–water partition coefficient (Wildman–Crippen LogP) is 0.115. The largest absolute Gasteiger partial charge is 0.481 e. The molecule has 142 valence electrons. The summed E-state index contributed by atoms with van der Waals surface area (Å²) in [5.74, 6) is -7.58. The van der Waals surface area contributed by atoms with E-state index >= 15 is 0 Å². The average molecular weight is 354 g/mol. The minimum Gasteiger partial charge on any atom is -0.481 e. The van der Waals surface area contributed by atoms with Gasteiger partial charge < -0.3 is 30.6 Å². The average Bonchev–Trinajstić information content (AvgIpc) is 2.46.